The molecule has 3 heterocycles. The van der Waals surface area contributed by atoms with Gasteiger partial charge in [0.15, 0.2) is 11.5 Å². The number of aromatic nitrogens is 6. The van der Waals surface area contributed by atoms with E-state index in [0.29, 0.717) is 28.3 Å². The number of aromatic amines is 2. The van der Waals surface area contributed by atoms with Crippen LogP contribution < -0.4 is 16.2 Å². The summed E-state index contributed by atoms with van der Waals surface area (Å²) in [4.78, 5) is 33.9. The lowest BCUT2D eigenvalue weighted by Gasteiger charge is -2.06. The maximum absolute atomic E-state index is 13.7. The molecule has 0 amide bonds. The molecular weight excluding hydrogens is 363 g/mol. The normalized spacial score (nSPS) is 10.0. The molecule has 9 nitrogen and oxygen atoms in total. The molecule has 0 saturated carbocycles. The maximum Gasteiger partial charge on any atom is 0.261 e. The Morgan fingerprint density at radius 3 is 2.64 bits per heavy atom. The summed E-state index contributed by atoms with van der Waals surface area (Å²) >= 11 is 0. The highest BCUT2D eigenvalue weighted by atomic mass is 19.1. The predicted molar refractivity (Wildman–Crippen MR) is 108 cm³/mol. The lowest BCUT2D eigenvalue weighted by atomic mass is 10.2. The van der Waals surface area contributed by atoms with Crippen LogP contribution >= 0.6 is 0 Å². The van der Waals surface area contributed by atoms with Crippen molar-refractivity contribution in [3.63, 3.8) is 0 Å². The van der Waals surface area contributed by atoms with E-state index in [1.807, 2.05) is 27.9 Å². The van der Waals surface area contributed by atoms with Gasteiger partial charge in [0.2, 0.25) is 0 Å². The van der Waals surface area contributed by atoms with Crippen molar-refractivity contribution in [2.24, 2.45) is 0 Å². The van der Waals surface area contributed by atoms with Gasteiger partial charge in [-0.1, -0.05) is 19.9 Å². The lowest BCUT2D eigenvalue weighted by molar-refractivity contribution is 0.638. The molecule has 0 aliphatic heterocycles. The van der Waals surface area contributed by atoms with E-state index in [-0.39, 0.29) is 11.9 Å². The molecule has 0 unspecified atom stereocenters. The summed E-state index contributed by atoms with van der Waals surface area (Å²) < 4.78 is 13.7. The standard InChI is InChI=1S/C14H10FN7O.C2H7N.C2H6/c15-7-2-1-3-8-10(7)14(23)22-9(21-8)4-16-12-11-13(18-5-17-11)20-6-19-12;1-3-2;1-2/h1-3,5-6H,4H2,(H,21,22,23)(H2,16,17,18,19,20);3H,1-2H3;1-2H3. The molecule has 0 aliphatic rings. The highest BCUT2D eigenvalue weighted by Gasteiger charge is 2.10. The molecule has 0 fully saturated rings. The summed E-state index contributed by atoms with van der Waals surface area (Å²) in [5.74, 6) is 0.319. The maximum atomic E-state index is 13.7. The summed E-state index contributed by atoms with van der Waals surface area (Å²) in [7, 11) is 3.75. The highest BCUT2D eigenvalue weighted by molar-refractivity contribution is 5.82. The number of H-pyrrole nitrogens is 2. The number of fused-ring (bicyclic) bond motifs is 2. The predicted octanol–water partition coefficient (Wildman–Crippen LogP) is 2.20. The van der Waals surface area contributed by atoms with Gasteiger partial charge in [-0.05, 0) is 26.2 Å². The number of rotatable bonds is 3. The first-order chi connectivity index (χ1) is 13.6. The van der Waals surface area contributed by atoms with Crippen molar-refractivity contribution in [3.8, 4) is 0 Å². The first kappa shape index (κ1) is 20.9. The van der Waals surface area contributed by atoms with Crippen LogP contribution in [0, 0.1) is 5.82 Å². The summed E-state index contributed by atoms with van der Waals surface area (Å²) in [5.41, 5.74) is 0.977. The molecular formula is C18H23FN8O. The van der Waals surface area contributed by atoms with Gasteiger partial charge in [-0.15, -0.1) is 0 Å². The van der Waals surface area contributed by atoms with E-state index in [1.54, 1.807) is 6.07 Å². The Bertz CT molecular complexity index is 1090. The Morgan fingerprint density at radius 1 is 1.14 bits per heavy atom. The van der Waals surface area contributed by atoms with Gasteiger partial charge < -0.3 is 20.6 Å². The van der Waals surface area contributed by atoms with Gasteiger partial charge in [0.25, 0.3) is 5.56 Å². The summed E-state index contributed by atoms with van der Waals surface area (Å²) in [6.45, 7) is 4.22. The Balaban J connectivity index is 0.000000514. The van der Waals surface area contributed by atoms with Crippen LogP contribution in [0.15, 0.2) is 35.6 Å². The third-order valence-corrected chi connectivity index (χ3v) is 3.38. The molecule has 0 saturated heterocycles. The van der Waals surface area contributed by atoms with Crippen molar-refractivity contribution in [2.75, 3.05) is 19.4 Å². The van der Waals surface area contributed by atoms with Gasteiger partial charge >= 0.3 is 0 Å². The second-order valence-electron chi connectivity index (χ2n) is 5.32. The van der Waals surface area contributed by atoms with Crippen LogP contribution in [-0.4, -0.2) is 44.0 Å². The van der Waals surface area contributed by atoms with Crippen LogP contribution in [0.3, 0.4) is 0 Å². The Hall–Kier alpha value is -3.40. The van der Waals surface area contributed by atoms with Crippen LogP contribution in [0.5, 0.6) is 0 Å². The number of imidazole rings is 1. The highest BCUT2D eigenvalue weighted by Crippen LogP contribution is 2.15. The van der Waals surface area contributed by atoms with Crippen LogP contribution in [0.4, 0.5) is 10.2 Å². The topological polar surface area (TPSA) is 124 Å². The Kier molecular flexibility index (Phi) is 7.52. The van der Waals surface area contributed by atoms with Crippen molar-refractivity contribution in [3.05, 3.63) is 52.8 Å². The van der Waals surface area contributed by atoms with Crippen molar-refractivity contribution >= 4 is 27.9 Å². The van der Waals surface area contributed by atoms with E-state index >= 15 is 0 Å². The van der Waals surface area contributed by atoms with E-state index in [2.05, 4.69) is 40.5 Å². The molecule has 0 atom stereocenters. The molecule has 10 heteroatoms. The molecule has 0 aliphatic carbocycles. The van der Waals surface area contributed by atoms with E-state index in [4.69, 9.17) is 0 Å². The molecule has 0 spiro atoms. The summed E-state index contributed by atoms with van der Waals surface area (Å²) in [6, 6.07) is 4.34. The zero-order chi connectivity index (χ0) is 20.5. The average Bonchev–Trinajstić information content (AvgIpc) is 3.18. The summed E-state index contributed by atoms with van der Waals surface area (Å²) in [6.07, 6.45) is 2.90. The monoisotopic (exact) mass is 386 g/mol. The van der Waals surface area contributed by atoms with Crippen molar-refractivity contribution in [1.29, 1.82) is 0 Å². The van der Waals surface area contributed by atoms with E-state index in [0.717, 1.165) is 0 Å². The smallest absolute Gasteiger partial charge is 0.261 e. The lowest BCUT2D eigenvalue weighted by Crippen LogP contribution is -2.16. The van der Waals surface area contributed by atoms with Crippen LogP contribution in [0.25, 0.3) is 22.1 Å². The number of halogens is 1. The minimum Gasteiger partial charge on any atom is -0.361 e. The minimum absolute atomic E-state index is 0.0470. The van der Waals surface area contributed by atoms with Gasteiger partial charge in [-0.2, -0.15) is 0 Å². The third-order valence-electron chi connectivity index (χ3n) is 3.38. The SMILES string of the molecule is CC.CNC.O=c1[nH]c(CNc2ncnc3nc[nH]c23)nc2cccc(F)c12. The molecule has 4 rings (SSSR count). The largest absolute Gasteiger partial charge is 0.361 e. The fourth-order valence-electron chi connectivity index (χ4n) is 2.35. The first-order valence-electron chi connectivity index (χ1n) is 8.78. The van der Waals surface area contributed by atoms with Crippen molar-refractivity contribution in [1.82, 2.24) is 35.2 Å². The molecule has 28 heavy (non-hydrogen) atoms. The van der Waals surface area contributed by atoms with Crippen LogP contribution in [0.1, 0.15) is 19.7 Å². The number of benzene rings is 1. The quantitative estimate of drug-likeness (QED) is 0.425. The molecule has 0 radical (unpaired) electrons. The third kappa shape index (κ3) is 4.65. The fraction of sp³-hybridized carbons (Fsp3) is 0.278. The second-order valence-corrected chi connectivity index (χ2v) is 5.32. The number of hydrogen-bond acceptors (Lipinski definition) is 7. The number of anilines is 1. The number of hydrogen-bond donors (Lipinski definition) is 4. The van der Waals surface area contributed by atoms with Gasteiger partial charge in [0, 0.05) is 0 Å². The average molecular weight is 386 g/mol. The molecule has 4 aromatic rings. The minimum atomic E-state index is -0.592. The molecule has 0 bridgehead atoms. The number of nitrogens with zero attached hydrogens (tertiary/aromatic N) is 4. The van der Waals surface area contributed by atoms with E-state index < -0.39 is 11.4 Å². The van der Waals surface area contributed by atoms with Gasteiger partial charge in [0.1, 0.15) is 28.9 Å². The van der Waals surface area contributed by atoms with Crippen molar-refractivity contribution < 1.29 is 4.39 Å². The molecule has 3 aromatic heterocycles. The van der Waals surface area contributed by atoms with E-state index in [9.17, 15) is 9.18 Å². The zero-order valence-corrected chi connectivity index (χ0v) is 16.2. The van der Waals surface area contributed by atoms with Gasteiger partial charge in [-0.3, -0.25) is 4.79 Å². The zero-order valence-electron chi connectivity index (χ0n) is 16.2. The molecule has 1 aromatic carbocycles. The molecule has 148 valence electrons. The van der Waals surface area contributed by atoms with Gasteiger partial charge in [-0.25, -0.2) is 24.3 Å². The Labute approximate surface area is 160 Å². The van der Waals surface area contributed by atoms with Crippen molar-refractivity contribution in [2.45, 2.75) is 20.4 Å². The van der Waals surface area contributed by atoms with Gasteiger partial charge in [0.05, 0.1) is 18.4 Å². The Morgan fingerprint density at radius 2 is 1.89 bits per heavy atom. The van der Waals surface area contributed by atoms with Crippen LogP contribution in [-0.2, 0) is 6.54 Å². The summed E-state index contributed by atoms with van der Waals surface area (Å²) in [5, 5.41) is 5.75. The number of nitrogens with one attached hydrogen (secondary N) is 4. The van der Waals surface area contributed by atoms with Crippen LogP contribution in [0.2, 0.25) is 0 Å². The van der Waals surface area contributed by atoms with E-state index in [1.165, 1.54) is 24.8 Å². The molecule has 4 N–H and O–H groups in total. The first-order valence-corrected chi connectivity index (χ1v) is 8.78. The second kappa shape index (κ2) is 10.1. The fourth-order valence-corrected chi connectivity index (χ4v) is 2.35.